The van der Waals surface area contributed by atoms with Crippen molar-refractivity contribution >= 4 is 33.5 Å². The van der Waals surface area contributed by atoms with Crippen molar-refractivity contribution in [3.63, 3.8) is 0 Å². The van der Waals surface area contributed by atoms with Gasteiger partial charge >= 0.3 is 10.3 Å². The zero-order valence-electron chi connectivity index (χ0n) is 9.95. The Morgan fingerprint density at radius 2 is 1.84 bits per heavy atom. The molecule has 0 spiro atoms. The number of hydrogen-bond acceptors (Lipinski definition) is 4. The minimum Gasteiger partial charge on any atom is -0.491 e. The lowest BCUT2D eigenvalue weighted by Gasteiger charge is -2.17. The van der Waals surface area contributed by atoms with Crippen LogP contribution in [0.4, 0.5) is 0 Å². The number of halogens is 2. The lowest BCUT2D eigenvalue weighted by atomic mass is 10.3. The highest BCUT2D eigenvalue weighted by molar-refractivity contribution is 7.83. The second-order valence-electron chi connectivity index (χ2n) is 3.83. The number of likely N-dealkylation sites (N-methyl/N-ethyl adjacent to an activating group) is 1. The van der Waals surface area contributed by atoms with Crippen molar-refractivity contribution in [2.24, 2.45) is 0 Å². The number of ether oxygens (including phenoxy) is 1. The van der Waals surface area contributed by atoms with E-state index in [1.807, 2.05) is 0 Å². The van der Waals surface area contributed by atoms with Gasteiger partial charge in [0.15, 0.2) is 0 Å². The van der Waals surface area contributed by atoms with Crippen LogP contribution in [0.5, 0.6) is 5.75 Å². The maximum absolute atomic E-state index is 10.7. The first-order valence-electron chi connectivity index (χ1n) is 5.14. The van der Waals surface area contributed by atoms with Crippen molar-refractivity contribution in [1.82, 2.24) is 4.31 Å². The molecular weight excluding hydrogens is 317 g/mol. The van der Waals surface area contributed by atoms with Gasteiger partial charge in [-0.1, -0.05) is 23.2 Å². The van der Waals surface area contributed by atoms with Gasteiger partial charge in [-0.15, -0.1) is 0 Å². The molecule has 1 aromatic carbocycles. The Morgan fingerprint density at radius 3 is 2.32 bits per heavy atom. The molecule has 2 N–H and O–H groups in total. The first-order chi connectivity index (χ1) is 8.68. The largest absolute Gasteiger partial charge is 0.491 e. The second-order valence-corrected chi connectivity index (χ2v) is 6.22. The standard InChI is InChI=1S/C10H13Cl2NO5S/c1-13(19(15,16)17)5-9(14)6-18-10-3-7(11)2-8(12)4-10/h2-4,9,14H,5-6H2,1H3,(H,15,16,17). The van der Waals surface area contributed by atoms with E-state index in [4.69, 9.17) is 32.5 Å². The predicted molar refractivity (Wildman–Crippen MR) is 72.1 cm³/mol. The Kier molecular flexibility index (Phi) is 5.84. The van der Waals surface area contributed by atoms with Crippen LogP contribution in [-0.4, -0.2) is 48.7 Å². The van der Waals surface area contributed by atoms with Gasteiger partial charge in [-0.2, -0.15) is 12.7 Å². The van der Waals surface area contributed by atoms with Crippen molar-refractivity contribution in [2.75, 3.05) is 20.2 Å². The quantitative estimate of drug-likeness (QED) is 0.771. The summed E-state index contributed by atoms with van der Waals surface area (Å²) in [5.41, 5.74) is 0. The fraction of sp³-hybridized carbons (Fsp3) is 0.400. The molecule has 0 saturated carbocycles. The van der Waals surface area contributed by atoms with Gasteiger partial charge in [0.05, 0.1) is 0 Å². The predicted octanol–water partition coefficient (Wildman–Crippen LogP) is 1.47. The van der Waals surface area contributed by atoms with Crippen LogP contribution in [0, 0.1) is 0 Å². The summed E-state index contributed by atoms with van der Waals surface area (Å²) in [6, 6.07) is 4.54. The molecule has 19 heavy (non-hydrogen) atoms. The van der Waals surface area contributed by atoms with Crippen molar-refractivity contribution in [3.8, 4) is 5.75 Å². The molecule has 0 heterocycles. The topological polar surface area (TPSA) is 87.1 Å². The highest BCUT2D eigenvalue weighted by Crippen LogP contribution is 2.24. The molecule has 1 aromatic rings. The third-order valence-electron chi connectivity index (χ3n) is 2.14. The van der Waals surface area contributed by atoms with Gasteiger partial charge in [0.25, 0.3) is 0 Å². The van der Waals surface area contributed by atoms with Crippen LogP contribution in [0.15, 0.2) is 18.2 Å². The van der Waals surface area contributed by atoms with Gasteiger partial charge in [-0.25, -0.2) is 0 Å². The van der Waals surface area contributed by atoms with E-state index >= 15 is 0 Å². The van der Waals surface area contributed by atoms with E-state index in [9.17, 15) is 13.5 Å². The van der Waals surface area contributed by atoms with Crippen LogP contribution in [0.3, 0.4) is 0 Å². The van der Waals surface area contributed by atoms with E-state index in [1.54, 1.807) is 0 Å². The summed E-state index contributed by atoms with van der Waals surface area (Å²) in [6.07, 6.45) is -1.11. The smallest absolute Gasteiger partial charge is 0.335 e. The summed E-state index contributed by atoms with van der Waals surface area (Å²) >= 11 is 11.5. The minimum absolute atomic E-state index is 0.170. The van der Waals surface area contributed by atoms with Crippen LogP contribution >= 0.6 is 23.2 Å². The molecule has 9 heteroatoms. The van der Waals surface area contributed by atoms with Crippen molar-refractivity contribution in [2.45, 2.75) is 6.10 Å². The number of benzene rings is 1. The molecule has 0 aliphatic heterocycles. The van der Waals surface area contributed by atoms with E-state index in [2.05, 4.69) is 0 Å². The molecule has 0 bridgehead atoms. The third-order valence-corrected chi connectivity index (χ3v) is 3.51. The molecule has 0 aromatic heterocycles. The molecular formula is C10H13Cl2NO5S. The lowest BCUT2D eigenvalue weighted by molar-refractivity contribution is 0.0918. The number of aliphatic hydroxyl groups excluding tert-OH is 1. The minimum atomic E-state index is -4.32. The van der Waals surface area contributed by atoms with Crippen LogP contribution in [0.1, 0.15) is 0 Å². The fourth-order valence-electron chi connectivity index (χ4n) is 1.25. The van der Waals surface area contributed by atoms with Crippen LogP contribution in [0.2, 0.25) is 10.0 Å². The maximum atomic E-state index is 10.7. The van der Waals surface area contributed by atoms with E-state index in [-0.39, 0.29) is 13.2 Å². The average Bonchev–Trinajstić information content (AvgIpc) is 2.23. The van der Waals surface area contributed by atoms with Gasteiger partial charge in [-0.05, 0) is 18.2 Å². The second kappa shape index (κ2) is 6.74. The zero-order valence-corrected chi connectivity index (χ0v) is 12.3. The fourth-order valence-corrected chi connectivity index (χ4v) is 2.11. The average molecular weight is 330 g/mol. The monoisotopic (exact) mass is 329 g/mol. The summed E-state index contributed by atoms with van der Waals surface area (Å²) in [4.78, 5) is 0. The Labute approximate surface area is 121 Å². The van der Waals surface area contributed by atoms with Crippen molar-refractivity contribution in [3.05, 3.63) is 28.2 Å². The van der Waals surface area contributed by atoms with Gasteiger partial charge in [0, 0.05) is 23.6 Å². The molecule has 1 unspecified atom stereocenters. The van der Waals surface area contributed by atoms with Crippen molar-refractivity contribution < 1.29 is 22.8 Å². The molecule has 0 fully saturated rings. The highest BCUT2D eigenvalue weighted by atomic mass is 35.5. The summed E-state index contributed by atoms with van der Waals surface area (Å²) in [6.45, 7) is -0.469. The number of aliphatic hydroxyl groups is 1. The van der Waals surface area contributed by atoms with Gasteiger partial charge in [0.1, 0.15) is 18.5 Å². The third kappa shape index (κ3) is 5.94. The molecule has 0 aliphatic carbocycles. The van der Waals surface area contributed by atoms with E-state index in [0.717, 1.165) is 7.05 Å². The number of hydrogen-bond donors (Lipinski definition) is 2. The zero-order chi connectivity index (χ0) is 14.6. The number of rotatable bonds is 6. The highest BCUT2D eigenvalue weighted by Gasteiger charge is 2.18. The summed E-state index contributed by atoms with van der Waals surface area (Å²) < 4.78 is 36.0. The van der Waals surface area contributed by atoms with Gasteiger partial charge in [0.2, 0.25) is 0 Å². The van der Waals surface area contributed by atoms with Crippen LogP contribution in [-0.2, 0) is 10.3 Å². The Hall–Kier alpha value is -0.570. The van der Waals surface area contributed by atoms with E-state index in [1.165, 1.54) is 18.2 Å². The summed E-state index contributed by atoms with van der Waals surface area (Å²) in [5.74, 6) is 0.353. The lowest BCUT2D eigenvalue weighted by Crippen LogP contribution is -2.36. The van der Waals surface area contributed by atoms with E-state index in [0.29, 0.717) is 20.1 Å². The molecule has 108 valence electrons. The summed E-state index contributed by atoms with van der Waals surface area (Å²) in [5, 5.41) is 10.3. The van der Waals surface area contributed by atoms with Crippen molar-refractivity contribution in [1.29, 1.82) is 0 Å². The Bertz CT molecular complexity index is 516. The Morgan fingerprint density at radius 1 is 1.32 bits per heavy atom. The SMILES string of the molecule is CN(CC(O)COc1cc(Cl)cc(Cl)c1)S(=O)(=O)O. The van der Waals surface area contributed by atoms with Gasteiger partial charge in [-0.3, -0.25) is 4.55 Å². The molecule has 1 atom stereocenters. The first kappa shape index (κ1) is 16.5. The first-order valence-corrected chi connectivity index (χ1v) is 7.29. The molecule has 0 aliphatic rings. The van der Waals surface area contributed by atoms with E-state index < -0.39 is 16.4 Å². The summed E-state index contributed by atoms with van der Waals surface area (Å²) in [7, 11) is -3.18. The molecule has 1 rings (SSSR count). The normalized spacial score (nSPS) is 13.6. The maximum Gasteiger partial charge on any atom is 0.335 e. The molecule has 0 radical (unpaired) electrons. The molecule has 6 nitrogen and oxygen atoms in total. The number of nitrogens with zero attached hydrogens (tertiary/aromatic N) is 1. The molecule has 0 amide bonds. The Balaban J connectivity index is 2.52. The molecule has 0 saturated heterocycles. The van der Waals surface area contributed by atoms with Gasteiger partial charge < -0.3 is 9.84 Å². The van der Waals surface area contributed by atoms with Crippen LogP contribution in [0.25, 0.3) is 0 Å². The van der Waals surface area contributed by atoms with Crippen LogP contribution < -0.4 is 4.74 Å².